The first-order valence-corrected chi connectivity index (χ1v) is 7.95. The maximum absolute atomic E-state index is 12.4. The van der Waals surface area contributed by atoms with Gasteiger partial charge in [0.05, 0.1) is 11.2 Å². The number of halogens is 1. The summed E-state index contributed by atoms with van der Waals surface area (Å²) in [7, 11) is 0. The van der Waals surface area contributed by atoms with Crippen LogP contribution >= 0.6 is 27.3 Å². The lowest BCUT2D eigenvalue weighted by Gasteiger charge is -2.28. The summed E-state index contributed by atoms with van der Waals surface area (Å²) in [5.74, 6) is 0.155. The normalized spacial score (nSPS) is 21.3. The standard InChI is InChI=1S/C12H17BrN2OS/c1-9-14-8-11(17-9)12(16)15-6-4-2-3-5-10(15)7-13/h8,10H,2-7H2,1H3. The number of nitrogens with zero attached hydrogens (tertiary/aromatic N) is 2. The maximum Gasteiger partial charge on any atom is 0.265 e. The van der Waals surface area contributed by atoms with Gasteiger partial charge < -0.3 is 4.90 Å². The molecule has 1 fully saturated rings. The molecule has 0 aromatic carbocycles. The highest BCUT2D eigenvalue weighted by molar-refractivity contribution is 9.09. The van der Waals surface area contributed by atoms with Gasteiger partial charge in [0, 0.05) is 17.9 Å². The van der Waals surface area contributed by atoms with Crippen LogP contribution in [0.15, 0.2) is 6.20 Å². The number of hydrogen-bond acceptors (Lipinski definition) is 3. The number of carbonyl (C=O) groups excluding carboxylic acids is 1. The van der Waals surface area contributed by atoms with Crippen LogP contribution in [0.1, 0.15) is 40.4 Å². The Morgan fingerprint density at radius 2 is 2.41 bits per heavy atom. The van der Waals surface area contributed by atoms with E-state index in [1.807, 2.05) is 11.8 Å². The van der Waals surface area contributed by atoms with Crippen LogP contribution in [-0.2, 0) is 0 Å². The lowest BCUT2D eigenvalue weighted by atomic mass is 10.1. The molecule has 0 saturated carbocycles. The van der Waals surface area contributed by atoms with Gasteiger partial charge >= 0.3 is 0 Å². The molecule has 17 heavy (non-hydrogen) atoms. The van der Waals surface area contributed by atoms with E-state index in [1.54, 1.807) is 6.20 Å². The largest absolute Gasteiger partial charge is 0.334 e. The third-order valence-corrected chi connectivity index (χ3v) is 4.80. The van der Waals surface area contributed by atoms with Crippen molar-refractivity contribution in [1.82, 2.24) is 9.88 Å². The zero-order chi connectivity index (χ0) is 12.3. The van der Waals surface area contributed by atoms with E-state index < -0.39 is 0 Å². The Hall–Kier alpha value is -0.420. The summed E-state index contributed by atoms with van der Waals surface area (Å²) in [6.07, 6.45) is 6.39. The van der Waals surface area contributed by atoms with E-state index in [-0.39, 0.29) is 5.91 Å². The van der Waals surface area contributed by atoms with Crippen LogP contribution in [0.3, 0.4) is 0 Å². The number of thiazole rings is 1. The highest BCUT2D eigenvalue weighted by Crippen LogP contribution is 2.22. The molecule has 0 N–H and O–H groups in total. The van der Waals surface area contributed by atoms with Crippen molar-refractivity contribution in [3.05, 3.63) is 16.1 Å². The van der Waals surface area contributed by atoms with Crippen molar-refractivity contribution in [3.63, 3.8) is 0 Å². The quantitative estimate of drug-likeness (QED) is 0.785. The molecular formula is C12H17BrN2OS. The molecule has 1 aromatic rings. The average Bonchev–Trinajstić information content (AvgIpc) is 2.64. The van der Waals surface area contributed by atoms with Gasteiger partial charge in [0.15, 0.2) is 0 Å². The summed E-state index contributed by atoms with van der Waals surface area (Å²) in [4.78, 5) is 19.4. The number of rotatable bonds is 2. The van der Waals surface area contributed by atoms with Gasteiger partial charge in [-0.2, -0.15) is 0 Å². The Bertz CT molecular complexity index is 394. The van der Waals surface area contributed by atoms with Gasteiger partial charge in [-0.05, 0) is 19.8 Å². The number of amides is 1. The van der Waals surface area contributed by atoms with E-state index in [0.717, 1.165) is 34.6 Å². The Morgan fingerprint density at radius 1 is 1.59 bits per heavy atom. The second kappa shape index (κ2) is 5.96. The molecule has 0 aliphatic carbocycles. The molecule has 2 heterocycles. The second-order valence-corrected chi connectivity index (χ2v) is 6.28. The predicted octanol–water partition coefficient (Wildman–Crippen LogP) is 3.23. The van der Waals surface area contributed by atoms with E-state index in [2.05, 4.69) is 20.9 Å². The van der Waals surface area contributed by atoms with E-state index in [0.29, 0.717) is 6.04 Å². The molecule has 1 saturated heterocycles. The number of carbonyl (C=O) groups is 1. The minimum Gasteiger partial charge on any atom is -0.334 e. The SMILES string of the molecule is Cc1ncc(C(=O)N2CCCCCC2CBr)s1. The Morgan fingerprint density at radius 3 is 3.06 bits per heavy atom. The summed E-state index contributed by atoms with van der Waals surface area (Å²) >= 11 is 5.02. The minimum absolute atomic E-state index is 0.155. The lowest BCUT2D eigenvalue weighted by Crippen LogP contribution is -2.40. The molecule has 1 aromatic heterocycles. The average molecular weight is 317 g/mol. The van der Waals surface area contributed by atoms with Crippen molar-refractivity contribution in [2.75, 3.05) is 11.9 Å². The van der Waals surface area contributed by atoms with E-state index in [9.17, 15) is 4.79 Å². The van der Waals surface area contributed by atoms with Crippen molar-refractivity contribution in [1.29, 1.82) is 0 Å². The molecule has 0 spiro atoms. The van der Waals surface area contributed by atoms with Gasteiger partial charge in [-0.1, -0.05) is 28.8 Å². The van der Waals surface area contributed by atoms with Crippen molar-refractivity contribution in [3.8, 4) is 0 Å². The minimum atomic E-state index is 0.155. The van der Waals surface area contributed by atoms with Crippen molar-refractivity contribution < 1.29 is 4.79 Å². The van der Waals surface area contributed by atoms with Gasteiger partial charge in [0.2, 0.25) is 0 Å². The van der Waals surface area contributed by atoms with Crippen molar-refractivity contribution >= 4 is 33.2 Å². The summed E-state index contributed by atoms with van der Waals surface area (Å²) in [5.41, 5.74) is 0. The topological polar surface area (TPSA) is 33.2 Å². The van der Waals surface area contributed by atoms with Crippen LogP contribution in [0.25, 0.3) is 0 Å². The van der Waals surface area contributed by atoms with E-state index in [4.69, 9.17) is 0 Å². The monoisotopic (exact) mass is 316 g/mol. The van der Waals surface area contributed by atoms with E-state index in [1.165, 1.54) is 24.2 Å². The molecule has 1 unspecified atom stereocenters. The lowest BCUT2D eigenvalue weighted by molar-refractivity contribution is 0.0707. The Balaban J connectivity index is 2.15. The molecule has 94 valence electrons. The number of likely N-dealkylation sites (tertiary alicyclic amines) is 1. The molecule has 2 rings (SSSR count). The third-order valence-electron chi connectivity index (χ3n) is 3.15. The maximum atomic E-state index is 12.4. The fraction of sp³-hybridized carbons (Fsp3) is 0.667. The number of alkyl halides is 1. The summed E-state index contributed by atoms with van der Waals surface area (Å²) in [6, 6.07) is 0.340. The van der Waals surface area contributed by atoms with Crippen LogP contribution < -0.4 is 0 Å². The molecule has 3 nitrogen and oxygen atoms in total. The van der Waals surface area contributed by atoms with Gasteiger partial charge in [0.1, 0.15) is 4.88 Å². The number of aryl methyl sites for hydroxylation is 1. The zero-order valence-corrected chi connectivity index (χ0v) is 12.4. The molecule has 1 aliphatic rings. The van der Waals surface area contributed by atoms with Crippen LogP contribution in [0.2, 0.25) is 0 Å². The molecule has 1 amide bonds. The van der Waals surface area contributed by atoms with Crippen LogP contribution in [0.4, 0.5) is 0 Å². The van der Waals surface area contributed by atoms with Gasteiger partial charge in [-0.25, -0.2) is 4.98 Å². The molecule has 0 bridgehead atoms. The van der Waals surface area contributed by atoms with Crippen molar-refractivity contribution in [2.24, 2.45) is 0 Å². The van der Waals surface area contributed by atoms with Crippen LogP contribution in [-0.4, -0.2) is 33.7 Å². The molecule has 1 aliphatic heterocycles. The number of aromatic nitrogens is 1. The molecule has 0 radical (unpaired) electrons. The third kappa shape index (κ3) is 3.07. The van der Waals surface area contributed by atoms with Gasteiger partial charge in [0.25, 0.3) is 5.91 Å². The molecule has 1 atom stereocenters. The first kappa shape index (κ1) is 13.0. The highest BCUT2D eigenvalue weighted by Gasteiger charge is 2.26. The molecular weight excluding hydrogens is 300 g/mol. The van der Waals surface area contributed by atoms with Gasteiger partial charge in [-0.15, -0.1) is 11.3 Å². The smallest absolute Gasteiger partial charge is 0.265 e. The Labute approximate surface area is 114 Å². The fourth-order valence-electron chi connectivity index (χ4n) is 2.21. The zero-order valence-electron chi connectivity index (χ0n) is 9.99. The highest BCUT2D eigenvalue weighted by atomic mass is 79.9. The summed E-state index contributed by atoms with van der Waals surface area (Å²) in [5, 5.41) is 1.83. The summed E-state index contributed by atoms with van der Waals surface area (Å²) < 4.78 is 0. The second-order valence-electron chi connectivity index (χ2n) is 4.40. The first-order valence-electron chi connectivity index (χ1n) is 6.01. The van der Waals surface area contributed by atoms with Crippen molar-refractivity contribution in [2.45, 2.75) is 38.6 Å². The first-order chi connectivity index (χ1) is 8.22. The van der Waals surface area contributed by atoms with Crippen LogP contribution in [0.5, 0.6) is 0 Å². The van der Waals surface area contributed by atoms with Gasteiger partial charge in [-0.3, -0.25) is 4.79 Å². The predicted molar refractivity (Wildman–Crippen MR) is 73.9 cm³/mol. The summed E-state index contributed by atoms with van der Waals surface area (Å²) in [6.45, 7) is 2.82. The molecule has 5 heteroatoms. The fourth-order valence-corrected chi connectivity index (χ4v) is 3.61. The Kier molecular flexibility index (Phi) is 4.56. The number of hydrogen-bond donors (Lipinski definition) is 0. The van der Waals surface area contributed by atoms with Crippen LogP contribution in [0, 0.1) is 6.92 Å². The van der Waals surface area contributed by atoms with E-state index >= 15 is 0 Å².